The van der Waals surface area contributed by atoms with Crippen LogP contribution >= 0.6 is 0 Å². The Bertz CT molecular complexity index is 454. The molecule has 2 aliphatic heterocycles. The first-order valence-electron chi connectivity index (χ1n) is 8.36. The molecule has 114 valence electrons. The summed E-state index contributed by atoms with van der Waals surface area (Å²) in [6.07, 6.45) is 5.40. The molecule has 3 rings (SSSR count). The van der Waals surface area contributed by atoms with Gasteiger partial charge in [0, 0.05) is 25.4 Å². The van der Waals surface area contributed by atoms with E-state index in [1.807, 2.05) is 0 Å². The van der Waals surface area contributed by atoms with Gasteiger partial charge in [0.15, 0.2) is 0 Å². The number of rotatable bonds is 4. The van der Waals surface area contributed by atoms with Gasteiger partial charge in [0.1, 0.15) is 0 Å². The Morgan fingerprint density at radius 1 is 1.14 bits per heavy atom. The van der Waals surface area contributed by atoms with Crippen molar-refractivity contribution in [3.8, 4) is 0 Å². The van der Waals surface area contributed by atoms with Crippen molar-refractivity contribution in [2.75, 3.05) is 26.2 Å². The van der Waals surface area contributed by atoms with Gasteiger partial charge in [-0.2, -0.15) is 0 Å². The Morgan fingerprint density at radius 3 is 2.67 bits per heavy atom. The number of benzene rings is 1. The third kappa shape index (κ3) is 3.85. The molecule has 0 bridgehead atoms. The van der Waals surface area contributed by atoms with Gasteiger partial charge in [-0.05, 0) is 50.3 Å². The monoisotopic (exact) mass is 286 g/mol. The van der Waals surface area contributed by atoms with Gasteiger partial charge >= 0.3 is 0 Å². The molecular weight excluding hydrogens is 260 g/mol. The second-order valence-corrected chi connectivity index (χ2v) is 6.47. The van der Waals surface area contributed by atoms with E-state index in [4.69, 9.17) is 0 Å². The zero-order valence-electron chi connectivity index (χ0n) is 12.8. The van der Waals surface area contributed by atoms with Crippen LogP contribution in [0, 0.1) is 5.92 Å². The molecule has 1 amide bonds. The van der Waals surface area contributed by atoms with Crippen molar-refractivity contribution in [1.29, 1.82) is 0 Å². The molecule has 0 aromatic heterocycles. The lowest BCUT2D eigenvalue weighted by molar-refractivity contribution is -0.130. The molecule has 0 spiro atoms. The average molecular weight is 286 g/mol. The lowest BCUT2D eigenvalue weighted by Crippen LogP contribution is -2.31. The van der Waals surface area contributed by atoms with Crippen LogP contribution in [0.25, 0.3) is 0 Å². The second kappa shape index (κ2) is 7.08. The van der Waals surface area contributed by atoms with Gasteiger partial charge in [0.2, 0.25) is 5.91 Å². The summed E-state index contributed by atoms with van der Waals surface area (Å²) in [5.74, 6) is 1.66. The molecule has 2 heterocycles. The standard InChI is InChI=1S/C18H26N2O/c21-18(7-6-15-8-11-19-12-9-15)20-13-10-17(14-20)16-4-2-1-3-5-16/h1-5,15,17,19H,6-14H2. The van der Waals surface area contributed by atoms with E-state index in [1.165, 1.54) is 18.4 Å². The minimum absolute atomic E-state index is 0.368. The van der Waals surface area contributed by atoms with Crippen molar-refractivity contribution in [2.24, 2.45) is 5.92 Å². The molecule has 21 heavy (non-hydrogen) atoms. The summed E-state index contributed by atoms with van der Waals surface area (Å²) in [5, 5.41) is 3.39. The average Bonchev–Trinajstić information content (AvgIpc) is 3.04. The smallest absolute Gasteiger partial charge is 0.222 e. The van der Waals surface area contributed by atoms with Gasteiger partial charge in [0.05, 0.1) is 0 Å². The summed E-state index contributed by atoms with van der Waals surface area (Å²) in [5.41, 5.74) is 1.38. The fourth-order valence-electron chi connectivity index (χ4n) is 3.64. The molecule has 2 fully saturated rings. The number of amides is 1. The maximum absolute atomic E-state index is 12.4. The van der Waals surface area contributed by atoms with Gasteiger partial charge in [-0.1, -0.05) is 30.3 Å². The highest BCUT2D eigenvalue weighted by molar-refractivity contribution is 5.76. The van der Waals surface area contributed by atoms with Crippen LogP contribution in [0.3, 0.4) is 0 Å². The Morgan fingerprint density at radius 2 is 1.90 bits per heavy atom. The number of piperidine rings is 1. The first kappa shape index (κ1) is 14.6. The lowest BCUT2D eigenvalue weighted by atomic mass is 9.93. The number of nitrogens with one attached hydrogen (secondary N) is 1. The SMILES string of the molecule is O=C(CCC1CCNCC1)N1CCC(c2ccccc2)C1. The molecule has 0 radical (unpaired) electrons. The second-order valence-electron chi connectivity index (χ2n) is 6.47. The van der Waals surface area contributed by atoms with Crippen LogP contribution in [-0.4, -0.2) is 37.0 Å². The highest BCUT2D eigenvalue weighted by Gasteiger charge is 2.27. The molecule has 3 heteroatoms. The first-order valence-corrected chi connectivity index (χ1v) is 8.36. The van der Waals surface area contributed by atoms with E-state index in [9.17, 15) is 4.79 Å². The van der Waals surface area contributed by atoms with Crippen molar-refractivity contribution >= 4 is 5.91 Å². The quantitative estimate of drug-likeness (QED) is 0.923. The molecule has 3 nitrogen and oxygen atoms in total. The fourth-order valence-corrected chi connectivity index (χ4v) is 3.64. The number of hydrogen-bond donors (Lipinski definition) is 1. The number of hydrogen-bond acceptors (Lipinski definition) is 2. The van der Waals surface area contributed by atoms with Crippen molar-refractivity contribution < 1.29 is 4.79 Å². The maximum atomic E-state index is 12.4. The van der Waals surface area contributed by atoms with E-state index in [1.54, 1.807) is 0 Å². The highest BCUT2D eigenvalue weighted by atomic mass is 16.2. The van der Waals surface area contributed by atoms with Crippen LogP contribution in [0.1, 0.15) is 43.6 Å². The summed E-state index contributed by atoms with van der Waals surface area (Å²) in [6, 6.07) is 10.6. The fraction of sp³-hybridized carbons (Fsp3) is 0.611. The van der Waals surface area contributed by atoms with Crippen molar-refractivity contribution in [3.05, 3.63) is 35.9 Å². The molecule has 0 aliphatic carbocycles. The van der Waals surface area contributed by atoms with Crippen LogP contribution in [0.4, 0.5) is 0 Å². The summed E-state index contributed by atoms with van der Waals surface area (Å²) >= 11 is 0. The summed E-state index contributed by atoms with van der Waals surface area (Å²) in [7, 11) is 0. The van der Waals surface area contributed by atoms with Crippen molar-refractivity contribution in [2.45, 2.75) is 38.0 Å². The number of nitrogens with zero attached hydrogens (tertiary/aromatic N) is 1. The van der Waals surface area contributed by atoms with Gasteiger partial charge in [0.25, 0.3) is 0 Å². The van der Waals surface area contributed by atoms with E-state index >= 15 is 0 Å². The zero-order chi connectivity index (χ0) is 14.5. The third-order valence-electron chi connectivity index (χ3n) is 5.04. The first-order chi connectivity index (χ1) is 10.3. The molecule has 2 aliphatic rings. The summed E-state index contributed by atoms with van der Waals surface area (Å²) in [6.45, 7) is 4.09. The van der Waals surface area contributed by atoms with Gasteiger partial charge in [-0.15, -0.1) is 0 Å². The summed E-state index contributed by atoms with van der Waals surface area (Å²) in [4.78, 5) is 14.5. The molecule has 1 unspecified atom stereocenters. The molecular formula is C18H26N2O. The van der Waals surface area contributed by atoms with E-state index in [0.717, 1.165) is 51.4 Å². The van der Waals surface area contributed by atoms with Crippen molar-refractivity contribution in [1.82, 2.24) is 10.2 Å². The Labute approximate surface area is 127 Å². The van der Waals surface area contributed by atoms with Gasteiger partial charge in [-0.25, -0.2) is 0 Å². The molecule has 0 saturated carbocycles. The highest BCUT2D eigenvalue weighted by Crippen LogP contribution is 2.28. The van der Waals surface area contributed by atoms with E-state index in [2.05, 4.69) is 40.5 Å². The van der Waals surface area contributed by atoms with Crippen LogP contribution in [0.15, 0.2) is 30.3 Å². The van der Waals surface area contributed by atoms with Crippen molar-refractivity contribution in [3.63, 3.8) is 0 Å². The third-order valence-corrected chi connectivity index (χ3v) is 5.04. The minimum atomic E-state index is 0.368. The van der Waals surface area contributed by atoms with E-state index in [0.29, 0.717) is 11.8 Å². The lowest BCUT2D eigenvalue weighted by Gasteiger charge is -2.23. The van der Waals surface area contributed by atoms with E-state index < -0.39 is 0 Å². The topological polar surface area (TPSA) is 32.3 Å². The molecule has 1 aromatic carbocycles. The summed E-state index contributed by atoms with van der Waals surface area (Å²) < 4.78 is 0. The molecule has 1 atom stereocenters. The maximum Gasteiger partial charge on any atom is 0.222 e. The Kier molecular flexibility index (Phi) is 4.91. The molecule has 2 saturated heterocycles. The minimum Gasteiger partial charge on any atom is -0.342 e. The normalized spacial score (nSPS) is 23.4. The largest absolute Gasteiger partial charge is 0.342 e. The number of carbonyl (C=O) groups excluding carboxylic acids is 1. The predicted molar refractivity (Wildman–Crippen MR) is 85.2 cm³/mol. The van der Waals surface area contributed by atoms with Crippen LogP contribution in [0.2, 0.25) is 0 Å². The van der Waals surface area contributed by atoms with E-state index in [-0.39, 0.29) is 0 Å². The Hall–Kier alpha value is -1.35. The number of likely N-dealkylation sites (tertiary alicyclic amines) is 1. The number of carbonyl (C=O) groups is 1. The van der Waals surface area contributed by atoms with Crippen LogP contribution in [-0.2, 0) is 4.79 Å². The van der Waals surface area contributed by atoms with Crippen LogP contribution < -0.4 is 5.32 Å². The van der Waals surface area contributed by atoms with Crippen LogP contribution in [0.5, 0.6) is 0 Å². The predicted octanol–water partition coefficient (Wildman–Crippen LogP) is 2.78. The Balaban J connectivity index is 1.46. The van der Waals surface area contributed by atoms with Gasteiger partial charge in [-0.3, -0.25) is 4.79 Å². The molecule has 1 N–H and O–H groups in total. The van der Waals surface area contributed by atoms with Gasteiger partial charge < -0.3 is 10.2 Å². The zero-order valence-corrected chi connectivity index (χ0v) is 12.8. The molecule has 1 aromatic rings.